The summed E-state index contributed by atoms with van der Waals surface area (Å²) in [6, 6.07) is 16.0. The largest absolute Gasteiger partial charge is 0.481 e. The minimum Gasteiger partial charge on any atom is -0.481 e. The average Bonchev–Trinajstić information content (AvgIpc) is 2.81. The fourth-order valence-corrected chi connectivity index (χ4v) is 4.87. The van der Waals surface area contributed by atoms with Crippen LogP contribution in [0, 0.1) is 11.3 Å². The van der Waals surface area contributed by atoms with Gasteiger partial charge in [-0.3, -0.25) is 4.79 Å². The topological polar surface area (TPSA) is 96.6 Å². The standard InChI is InChI=1S/C28H37N3O3/c1-4-21(17-27(32)33)22-12-15-26(25(16-22)30-23-13-10-20(18-29)11-14-23)31(19-28(2,3)34)24-8-6-5-7-9-24/h10-16,21,24,30,34H,4-9,17,19H2,1-3H3,(H,32,33). The molecular weight excluding hydrogens is 426 g/mol. The lowest BCUT2D eigenvalue weighted by Gasteiger charge is -2.40. The number of aliphatic hydroxyl groups is 1. The lowest BCUT2D eigenvalue weighted by atomic mass is 9.90. The van der Waals surface area contributed by atoms with Crippen LogP contribution in [0.25, 0.3) is 0 Å². The molecule has 0 radical (unpaired) electrons. The van der Waals surface area contributed by atoms with E-state index in [0.717, 1.165) is 41.9 Å². The van der Waals surface area contributed by atoms with Crippen molar-refractivity contribution in [3.05, 3.63) is 53.6 Å². The summed E-state index contributed by atoms with van der Waals surface area (Å²) in [5, 5.41) is 32.8. The Kier molecular flexibility index (Phi) is 8.57. The van der Waals surface area contributed by atoms with Gasteiger partial charge in [0, 0.05) is 18.3 Å². The van der Waals surface area contributed by atoms with Crippen molar-refractivity contribution in [2.75, 3.05) is 16.8 Å². The molecule has 1 saturated carbocycles. The van der Waals surface area contributed by atoms with Crippen molar-refractivity contribution >= 4 is 23.0 Å². The van der Waals surface area contributed by atoms with Gasteiger partial charge in [-0.25, -0.2) is 0 Å². The van der Waals surface area contributed by atoms with Gasteiger partial charge in [0.2, 0.25) is 0 Å². The van der Waals surface area contributed by atoms with E-state index in [1.807, 2.05) is 39.0 Å². The van der Waals surface area contributed by atoms with E-state index in [2.05, 4.69) is 28.4 Å². The number of nitriles is 1. The Morgan fingerprint density at radius 1 is 1.18 bits per heavy atom. The zero-order valence-electron chi connectivity index (χ0n) is 20.6. The van der Waals surface area contributed by atoms with Crippen LogP contribution in [0.1, 0.15) is 82.8 Å². The number of carboxylic acid groups (broad SMARTS) is 1. The zero-order chi connectivity index (χ0) is 24.7. The normalized spacial score (nSPS) is 15.4. The minimum atomic E-state index is -0.864. The second kappa shape index (κ2) is 11.4. The lowest BCUT2D eigenvalue weighted by molar-refractivity contribution is -0.137. The van der Waals surface area contributed by atoms with E-state index in [1.165, 1.54) is 19.3 Å². The Morgan fingerprint density at radius 2 is 1.85 bits per heavy atom. The highest BCUT2D eigenvalue weighted by Gasteiger charge is 2.29. The van der Waals surface area contributed by atoms with E-state index in [0.29, 0.717) is 18.2 Å². The molecule has 2 aromatic rings. The summed E-state index contributed by atoms with van der Waals surface area (Å²) in [6.07, 6.45) is 6.60. The first-order chi connectivity index (χ1) is 16.2. The molecule has 1 fully saturated rings. The molecule has 0 aromatic heterocycles. The van der Waals surface area contributed by atoms with Crippen molar-refractivity contribution in [1.29, 1.82) is 5.26 Å². The molecule has 0 spiro atoms. The number of carbonyl (C=O) groups is 1. The number of benzene rings is 2. The highest BCUT2D eigenvalue weighted by molar-refractivity contribution is 5.77. The number of nitrogens with one attached hydrogen (secondary N) is 1. The van der Waals surface area contributed by atoms with Crippen LogP contribution >= 0.6 is 0 Å². The van der Waals surface area contributed by atoms with E-state index in [1.54, 1.807) is 12.1 Å². The zero-order valence-corrected chi connectivity index (χ0v) is 20.6. The molecular formula is C28H37N3O3. The SMILES string of the molecule is CCC(CC(=O)O)c1ccc(N(CC(C)(C)O)C2CCCCC2)c(Nc2ccc(C#N)cc2)c1. The number of nitrogens with zero attached hydrogens (tertiary/aromatic N) is 2. The summed E-state index contributed by atoms with van der Waals surface area (Å²) in [4.78, 5) is 13.8. The first kappa shape index (κ1) is 25.6. The Balaban J connectivity index is 2.06. The Bertz CT molecular complexity index is 999. The van der Waals surface area contributed by atoms with Crippen LogP contribution in [0.4, 0.5) is 17.1 Å². The number of hydrogen-bond donors (Lipinski definition) is 3. The monoisotopic (exact) mass is 463 g/mol. The van der Waals surface area contributed by atoms with Crippen molar-refractivity contribution in [2.45, 2.75) is 83.3 Å². The Morgan fingerprint density at radius 3 is 2.41 bits per heavy atom. The van der Waals surface area contributed by atoms with Gasteiger partial charge in [-0.15, -0.1) is 0 Å². The van der Waals surface area contributed by atoms with Gasteiger partial charge >= 0.3 is 5.97 Å². The van der Waals surface area contributed by atoms with Gasteiger partial charge in [-0.2, -0.15) is 5.26 Å². The van der Waals surface area contributed by atoms with Gasteiger partial charge in [-0.1, -0.05) is 32.3 Å². The van der Waals surface area contributed by atoms with Crippen LogP contribution in [-0.4, -0.2) is 34.4 Å². The summed E-state index contributed by atoms with van der Waals surface area (Å²) in [5.74, 6) is -0.881. The number of aliphatic carboxylic acids is 1. The van der Waals surface area contributed by atoms with Gasteiger partial charge in [0.25, 0.3) is 0 Å². The molecule has 3 rings (SSSR count). The fraction of sp³-hybridized carbons (Fsp3) is 0.500. The summed E-state index contributed by atoms with van der Waals surface area (Å²) < 4.78 is 0. The third kappa shape index (κ3) is 6.98. The van der Waals surface area contributed by atoms with E-state index in [-0.39, 0.29) is 12.3 Å². The number of carboxylic acids is 1. The molecule has 0 amide bonds. The highest BCUT2D eigenvalue weighted by Crippen LogP contribution is 2.38. The molecule has 0 heterocycles. The molecule has 2 aromatic carbocycles. The summed E-state index contributed by atoms with van der Waals surface area (Å²) in [5.41, 5.74) is 3.47. The quantitative estimate of drug-likeness (QED) is 0.389. The van der Waals surface area contributed by atoms with Gasteiger partial charge in [0.15, 0.2) is 0 Å². The first-order valence-electron chi connectivity index (χ1n) is 12.3. The van der Waals surface area contributed by atoms with E-state index in [9.17, 15) is 15.0 Å². The number of rotatable bonds is 10. The molecule has 182 valence electrons. The Labute approximate surface area is 203 Å². The molecule has 34 heavy (non-hydrogen) atoms. The summed E-state index contributed by atoms with van der Waals surface area (Å²) in [6.45, 7) is 6.19. The molecule has 6 nitrogen and oxygen atoms in total. The molecule has 0 bridgehead atoms. The summed E-state index contributed by atoms with van der Waals surface area (Å²) in [7, 11) is 0. The first-order valence-corrected chi connectivity index (χ1v) is 12.3. The maximum Gasteiger partial charge on any atom is 0.303 e. The Hall–Kier alpha value is -3.04. The van der Waals surface area contributed by atoms with Crippen molar-refractivity contribution in [1.82, 2.24) is 0 Å². The van der Waals surface area contributed by atoms with Crippen molar-refractivity contribution in [2.24, 2.45) is 0 Å². The lowest BCUT2D eigenvalue weighted by Crippen LogP contribution is -2.45. The van der Waals surface area contributed by atoms with Crippen LogP contribution in [0.2, 0.25) is 0 Å². The predicted octanol–water partition coefficient (Wildman–Crippen LogP) is 6.18. The van der Waals surface area contributed by atoms with Crippen LogP contribution in [0.15, 0.2) is 42.5 Å². The van der Waals surface area contributed by atoms with Crippen LogP contribution in [0.5, 0.6) is 0 Å². The average molecular weight is 464 g/mol. The minimum absolute atomic E-state index is 0.0783. The third-order valence-corrected chi connectivity index (χ3v) is 6.58. The number of hydrogen-bond acceptors (Lipinski definition) is 5. The van der Waals surface area contributed by atoms with Gasteiger partial charge < -0.3 is 20.4 Å². The van der Waals surface area contributed by atoms with Crippen molar-refractivity contribution in [3.8, 4) is 6.07 Å². The predicted molar refractivity (Wildman–Crippen MR) is 137 cm³/mol. The van der Waals surface area contributed by atoms with E-state index in [4.69, 9.17) is 5.26 Å². The van der Waals surface area contributed by atoms with Crippen molar-refractivity contribution < 1.29 is 15.0 Å². The van der Waals surface area contributed by atoms with Crippen LogP contribution < -0.4 is 10.2 Å². The molecule has 1 aliphatic rings. The van der Waals surface area contributed by atoms with E-state index >= 15 is 0 Å². The number of anilines is 3. The van der Waals surface area contributed by atoms with E-state index < -0.39 is 11.6 Å². The molecule has 6 heteroatoms. The highest BCUT2D eigenvalue weighted by atomic mass is 16.4. The third-order valence-electron chi connectivity index (χ3n) is 6.58. The van der Waals surface area contributed by atoms with Crippen molar-refractivity contribution in [3.63, 3.8) is 0 Å². The molecule has 3 N–H and O–H groups in total. The van der Waals surface area contributed by atoms with Crippen LogP contribution in [0.3, 0.4) is 0 Å². The maximum atomic E-state index is 11.4. The fourth-order valence-electron chi connectivity index (χ4n) is 4.87. The van der Waals surface area contributed by atoms with Crippen LogP contribution in [-0.2, 0) is 4.79 Å². The molecule has 0 aliphatic heterocycles. The second-order valence-electron chi connectivity index (χ2n) is 10.0. The van der Waals surface area contributed by atoms with Gasteiger partial charge in [-0.05, 0) is 81.0 Å². The summed E-state index contributed by atoms with van der Waals surface area (Å²) >= 11 is 0. The van der Waals surface area contributed by atoms with Gasteiger partial charge in [0.05, 0.1) is 35.0 Å². The smallest absolute Gasteiger partial charge is 0.303 e. The maximum absolute atomic E-state index is 11.4. The molecule has 0 saturated heterocycles. The second-order valence-corrected chi connectivity index (χ2v) is 10.0. The van der Waals surface area contributed by atoms with Gasteiger partial charge in [0.1, 0.15) is 0 Å². The molecule has 1 aliphatic carbocycles. The molecule has 1 unspecified atom stereocenters. The molecule has 1 atom stereocenters.